The number of aryl methyl sites for hydroxylation is 1. The van der Waals surface area contributed by atoms with Gasteiger partial charge in [-0.3, -0.25) is 10.1 Å². The number of aromatic nitrogens is 2. The lowest BCUT2D eigenvalue weighted by Crippen LogP contribution is -2.24. The van der Waals surface area contributed by atoms with Crippen molar-refractivity contribution in [3.05, 3.63) is 41.6 Å². The Labute approximate surface area is 129 Å². The van der Waals surface area contributed by atoms with Crippen LogP contribution in [0.15, 0.2) is 35.4 Å². The van der Waals surface area contributed by atoms with E-state index >= 15 is 0 Å². The number of thiocarbonyl (C=S) groups is 1. The fraction of sp³-hybridized carbons (Fsp3) is 0.154. The van der Waals surface area contributed by atoms with Gasteiger partial charge in [0.2, 0.25) is 0 Å². The number of rotatable bonds is 3. The first kappa shape index (κ1) is 16.0. The first-order valence-corrected chi connectivity index (χ1v) is 6.49. The van der Waals surface area contributed by atoms with Crippen LogP contribution in [0.5, 0.6) is 0 Å². The van der Waals surface area contributed by atoms with Crippen LogP contribution in [-0.4, -0.2) is 21.1 Å². The van der Waals surface area contributed by atoms with Crippen LogP contribution in [0.4, 0.5) is 13.2 Å². The minimum Gasteiger partial charge on any atom is -0.375 e. The van der Waals surface area contributed by atoms with Crippen molar-refractivity contribution < 1.29 is 13.2 Å². The van der Waals surface area contributed by atoms with Crippen LogP contribution in [0, 0.1) is 0 Å². The van der Waals surface area contributed by atoms with Gasteiger partial charge in [0, 0.05) is 18.2 Å². The van der Waals surface area contributed by atoms with Gasteiger partial charge in [-0.05, 0) is 18.3 Å². The summed E-state index contributed by atoms with van der Waals surface area (Å²) in [6.45, 7) is 0. The minimum absolute atomic E-state index is 0.00591. The van der Waals surface area contributed by atoms with Crippen molar-refractivity contribution >= 4 is 23.5 Å². The van der Waals surface area contributed by atoms with Crippen LogP contribution >= 0.6 is 12.2 Å². The van der Waals surface area contributed by atoms with E-state index in [4.69, 9.17) is 5.73 Å². The summed E-state index contributed by atoms with van der Waals surface area (Å²) < 4.78 is 39.4. The van der Waals surface area contributed by atoms with Gasteiger partial charge in [0.25, 0.3) is 0 Å². The summed E-state index contributed by atoms with van der Waals surface area (Å²) in [5, 5.41) is 7.31. The molecule has 116 valence electrons. The summed E-state index contributed by atoms with van der Waals surface area (Å²) in [5.41, 5.74) is 8.18. The molecule has 2 rings (SSSR count). The molecule has 9 heteroatoms. The van der Waals surface area contributed by atoms with Crippen LogP contribution in [0.3, 0.4) is 0 Å². The van der Waals surface area contributed by atoms with Gasteiger partial charge in [-0.1, -0.05) is 24.3 Å². The maximum Gasteiger partial charge on any atom is 0.435 e. The first-order chi connectivity index (χ1) is 10.3. The van der Waals surface area contributed by atoms with Crippen LogP contribution in [-0.2, 0) is 13.2 Å². The smallest absolute Gasteiger partial charge is 0.375 e. The zero-order valence-corrected chi connectivity index (χ0v) is 12.2. The molecule has 0 unspecified atom stereocenters. The second kappa shape index (κ2) is 6.14. The minimum atomic E-state index is -4.49. The molecule has 2 aromatic rings. The van der Waals surface area contributed by atoms with E-state index in [-0.39, 0.29) is 5.11 Å². The van der Waals surface area contributed by atoms with Crippen molar-refractivity contribution in [2.45, 2.75) is 6.18 Å². The molecule has 0 spiro atoms. The van der Waals surface area contributed by atoms with E-state index in [0.717, 1.165) is 6.07 Å². The SMILES string of the molecule is Cn1nc(C(F)(F)F)cc1-c1ccccc1C=NNC(N)=S. The molecule has 0 bridgehead atoms. The van der Waals surface area contributed by atoms with Gasteiger partial charge in [-0.2, -0.15) is 23.4 Å². The second-order valence-corrected chi connectivity index (χ2v) is 4.80. The fourth-order valence-electron chi connectivity index (χ4n) is 1.87. The molecule has 0 aliphatic carbocycles. The Morgan fingerprint density at radius 1 is 1.41 bits per heavy atom. The Hall–Kier alpha value is -2.42. The fourth-order valence-corrected chi connectivity index (χ4v) is 1.92. The molecule has 1 aromatic heterocycles. The van der Waals surface area contributed by atoms with Crippen LogP contribution in [0.2, 0.25) is 0 Å². The van der Waals surface area contributed by atoms with E-state index in [2.05, 4.69) is 27.8 Å². The average molecular weight is 327 g/mol. The third-order valence-corrected chi connectivity index (χ3v) is 2.88. The predicted octanol–water partition coefficient (Wildman–Crippen LogP) is 2.27. The highest BCUT2D eigenvalue weighted by atomic mass is 32.1. The number of halogens is 3. The highest BCUT2D eigenvalue weighted by Gasteiger charge is 2.34. The van der Waals surface area contributed by atoms with E-state index in [1.54, 1.807) is 24.3 Å². The highest BCUT2D eigenvalue weighted by Crippen LogP contribution is 2.32. The van der Waals surface area contributed by atoms with Gasteiger partial charge in [0.1, 0.15) is 0 Å². The molecule has 0 radical (unpaired) electrons. The largest absolute Gasteiger partial charge is 0.435 e. The lowest BCUT2D eigenvalue weighted by atomic mass is 10.1. The summed E-state index contributed by atoms with van der Waals surface area (Å²) >= 11 is 4.62. The number of nitrogens with two attached hydrogens (primary N) is 1. The molecular weight excluding hydrogens is 315 g/mol. The Bertz CT molecular complexity index is 721. The lowest BCUT2D eigenvalue weighted by Gasteiger charge is -2.05. The van der Waals surface area contributed by atoms with Crippen molar-refractivity contribution in [1.29, 1.82) is 0 Å². The first-order valence-electron chi connectivity index (χ1n) is 6.08. The van der Waals surface area contributed by atoms with E-state index in [9.17, 15) is 13.2 Å². The maximum absolute atomic E-state index is 12.7. The molecule has 3 N–H and O–H groups in total. The Kier molecular flexibility index (Phi) is 4.45. The van der Waals surface area contributed by atoms with Crippen LogP contribution < -0.4 is 11.2 Å². The molecule has 22 heavy (non-hydrogen) atoms. The molecular formula is C13H12F3N5S. The predicted molar refractivity (Wildman–Crippen MR) is 81.2 cm³/mol. The summed E-state index contributed by atoms with van der Waals surface area (Å²) in [4.78, 5) is 0. The summed E-state index contributed by atoms with van der Waals surface area (Å²) in [6.07, 6.45) is -3.07. The van der Waals surface area contributed by atoms with E-state index in [1.807, 2.05) is 0 Å². The normalized spacial score (nSPS) is 11.8. The molecule has 0 saturated heterocycles. The number of alkyl halides is 3. The molecule has 0 amide bonds. The lowest BCUT2D eigenvalue weighted by molar-refractivity contribution is -0.141. The zero-order valence-electron chi connectivity index (χ0n) is 11.4. The molecule has 5 nitrogen and oxygen atoms in total. The third-order valence-electron chi connectivity index (χ3n) is 2.79. The van der Waals surface area contributed by atoms with Gasteiger partial charge in [0.05, 0.1) is 11.9 Å². The Morgan fingerprint density at radius 3 is 2.68 bits per heavy atom. The quantitative estimate of drug-likeness (QED) is 0.515. The van der Waals surface area contributed by atoms with Crippen LogP contribution in [0.25, 0.3) is 11.3 Å². The third kappa shape index (κ3) is 3.61. The molecule has 1 heterocycles. The number of benzene rings is 1. The Morgan fingerprint density at radius 2 is 2.09 bits per heavy atom. The highest BCUT2D eigenvalue weighted by molar-refractivity contribution is 7.80. The number of hydrogen-bond acceptors (Lipinski definition) is 3. The van der Waals surface area contributed by atoms with Crippen LogP contribution in [0.1, 0.15) is 11.3 Å². The molecule has 0 fully saturated rings. The zero-order chi connectivity index (χ0) is 16.3. The monoisotopic (exact) mass is 327 g/mol. The van der Waals surface area contributed by atoms with Gasteiger partial charge in [-0.15, -0.1) is 0 Å². The maximum atomic E-state index is 12.7. The summed E-state index contributed by atoms with van der Waals surface area (Å²) in [5.74, 6) is 0. The number of nitrogens with one attached hydrogen (secondary N) is 1. The van der Waals surface area contributed by atoms with E-state index in [0.29, 0.717) is 16.8 Å². The second-order valence-electron chi connectivity index (χ2n) is 4.36. The summed E-state index contributed by atoms with van der Waals surface area (Å²) in [6, 6.07) is 7.84. The number of nitrogens with zero attached hydrogens (tertiary/aromatic N) is 3. The van der Waals surface area contributed by atoms with Crippen molar-refractivity contribution in [3.8, 4) is 11.3 Å². The molecule has 0 aliphatic heterocycles. The topological polar surface area (TPSA) is 68.2 Å². The molecule has 0 aliphatic rings. The van der Waals surface area contributed by atoms with Crippen molar-refractivity contribution in [1.82, 2.24) is 15.2 Å². The van der Waals surface area contributed by atoms with Crippen molar-refractivity contribution in [3.63, 3.8) is 0 Å². The molecule has 0 atom stereocenters. The number of hydrazone groups is 1. The van der Waals surface area contributed by atoms with Gasteiger partial charge in [0.15, 0.2) is 10.8 Å². The van der Waals surface area contributed by atoms with Gasteiger partial charge >= 0.3 is 6.18 Å². The Balaban J connectivity index is 2.43. The van der Waals surface area contributed by atoms with E-state index in [1.165, 1.54) is 17.9 Å². The van der Waals surface area contributed by atoms with Gasteiger partial charge < -0.3 is 5.73 Å². The standard InChI is InChI=1S/C13H12F3N5S/c1-21-10(6-11(20-21)13(14,15)16)9-5-3-2-4-8(9)7-18-19-12(17)22/h2-7H,1H3,(H3,17,19,22). The molecule has 0 saturated carbocycles. The summed E-state index contributed by atoms with van der Waals surface area (Å²) in [7, 11) is 1.45. The number of hydrogen-bond donors (Lipinski definition) is 2. The van der Waals surface area contributed by atoms with E-state index < -0.39 is 11.9 Å². The van der Waals surface area contributed by atoms with Gasteiger partial charge in [-0.25, -0.2) is 0 Å². The van der Waals surface area contributed by atoms with Crippen molar-refractivity contribution in [2.24, 2.45) is 17.9 Å². The molecule has 1 aromatic carbocycles. The van der Waals surface area contributed by atoms with Crippen molar-refractivity contribution in [2.75, 3.05) is 0 Å². The average Bonchev–Trinajstić information content (AvgIpc) is 2.81.